The lowest BCUT2D eigenvalue weighted by molar-refractivity contribution is -0.000426. The molecule has 0 radical (unpaired) electrons. The molecule has 3 N–H and O–H groups in total. The first-order chi connectivity index (χ1) is 11.4. The summed E-state index contributed by atoms with van der Waals surface area (Å²) in [6.07, 6.45) is 4.34. The molecular weight excluding hydrogens is 326 g/mol. The van der Waals surface area contributed by atoms with Gasteiger partial charge in [0.1, 0.15) is 5.69 Å². The fraction of sp³-hybridized carbons (Fsp3) is 0.562. The van der Waals surface area contributed by atoms with Crippen molar-refractivity contribution in [3.63, 3.8) is 0 Å². The topological polar surface area (TPSA) is 92.1 Å². The first-order valence-electron chi connectivity index (χ1n) is 8.16. The van der Waals surface area contributed by atoms with E-state index in [4.69, 9.17) is 0 Å². The molecule has 2 amide bonds. The Morgan fingerprint density at radius 2 is 2.33 bits per heavy atom. The van der Waals surface area contributed by atoms with Gasteiger partial charge in [-0.2, -0.15) is 5.10 Å². The van der Waals surface area contributed by atoms with Crippen molar-refractivity contribution < 1.29 is 9.90 Å². The Labute approximate surface area is 144 Å². The first-order valence-corrected chi connectivity index (χ1v) is 9.04. The number of nitrogens with zero attached hydrogens (tertiary/aromatic N) is 3. The van der Waals surface area contributed by atoms with Gasteiger partial charge in [-0.15, -0.1) is 11.3 Å². The second-order valence-corrected chi connectivity index (χ2v) is 7.93. The number of fused-ring (bicyclic) bond motifs is 2. The number of anilines is 1. The number of urea groups is 1. The van der Waals surface area contributed by atoms with Gasteiger partial charge in [0.25, 0.3) is 0 Å². The lowest BCUT2D eigenvalue weighted by Gasteiger charge is -2.32. The molecule has 8 heteroatoms. The number of aromatic nitrogens is 3. The molecule has 2 saturated carbocycles. The van der Waals surface area contributed by atoms with E-state index in [1.165, 1.54) is 11.3 Å². The number of hydrogen-bond acceptors (Lipinski definition) is 5. The average molecular weight is 347 g/mol. The molecule has 0 spiro atoms. The van der Waals surface area contributed by atoms with Gasteiger partial charge in [0.05, 0.1) is 11.3 Å². The van der Waals surface area contributed by atoms with E-state index < -0.39 is 5.60 Å². The van der Waals surface area contributed by atoms with Crippen molar-refractivity contribution in [1.29, 1.82) is 0 Å². The quantitative estimate of drug-likeness (QED) is 0.794. The van der Waals surface area contributed by atoms with E-state index in [2.05, 4.69) is 20.7 Å². The highest BCUT2D eigenvalue weighted by Gasteiger charge is 2.52. The lowest BCUT2D eigenvalue weighted by Crippen LogP contribution is -2.45. The van der Waals surface area contributed by atoms with Crippen LogP contribution in [0.4, 0.5) is 9.93 Å². The van der Waals surface area contributed by atoms with Gasteiger partial charge < -0.3 is 10.4 Å². The summed E-state index contributed by atoms with van der Waals surface area (Å²) in [5.41, 5.74) is 1.15. The Hall–Kier alpha value is -1.93. The van der Waals surface area contributed by atoms with Crippen LogP contribution in [0.1, 0.15) is 26.2 Å². The lowest BCUT2D eigenvalue weighted by atomic mass is 9.83. The Kier molecular flexibility index (Phi) is 3.61. The van der Waals surface area contributed by atoms with Crippen LogP contribution in [0.25, 0.3) is 11.4 Å². The van der Waals surface area contributed by atoms with Crippen LogP contribution in [-0.2, 0) is 7.05 Å². The molecule has 0 unspecified atom stereocenters. The van der Waals surface area contributed by atoms with Crippen LogP contribution in [0.15, 0.2) is 17.6 Å². The molecular formula is C16H21N5O2S. The number of hydrogen-bond donors (Lipinski definition) is 3. The number of nitrogens with one attached hydrogen (secondary N) is 2. The third kappa shape index (κ3) is 2.69. The highest BCUT2D eigenvalue weighted by Crippen LogP contribution is 2.50. The van der Waals surface area contributed by atoms with Crippen LogP contribution in [-0.4, -0.2) is 37.5 Å². The van der Waals surface area contributed by atoms with E-state index in [1.807, 2.05) is 25.4 Å². The average Bonchev–Trinajstić information content (AvgIpc) is 3.23. The van der Waals surface area contributed by atoms with E-state index in [0.717, 1.165) is 30.7 Å². The molecule has 4 rings (SSSR count). The monoisotopic (exact) mass is 347 g/mol. The largest absolute Gasteiger partial charge is 0.390 e. The summed E-state index contributed by atoms with van der Waals surface area (Å²) in [6, 6.07) is 1.81. The van der Waals surface area contributed by atoms with Crippen LogP contribution in [0.2, 0.25) is 0 Å². The Balaban J connectivity index is 1.36. The third-order valence-electron chi connectivity index (χ3n) is 5.37. The maximum Gasteiger partial charge on any atom is 0.321 e. The zero-order chi connectivity index (χ0) is 16.9. The summed E-state index contributed by atoms with van der Waals surface area (Å²) in [6.45, 7) is 1.91. The first kappa shape index (κ1) is 15.6. The minimum Gasteiger partial charge on any atom is -0.390 e. The molecule has 2 aromatic heterocycles. The second kappa shape index (κ2) is 5.56. The van der Waals surface area contributed by atoms with Crippen molar-refractivity contribution in [3.05, 3.63) is 17.6 Å². The van der Waals surface area contributed by atoms with E-state index in [1.54, 1.807) is 10.9 Å². The maximum absolute atomic E-state index is 12.2. The molecule has 7 nitrogen and oxygen atoms in total. The molecule has 2 aliphatic carbocycles. The summed E-state index contributed by atoms with van der Waals surface area (Å²) in [7, 11) is 1.86. The molecule has 2 aromatic rings. The van der Waals surface area contributed by atoms with Gasteiger partial charge in [-0.05, 0) is 44.1 Å². The van der Waals surface area contributed by atoms with Crippen molar-refractivity contribution in [2.45, 2.75) is 37.8 Å². The molecule has 2 heterocycles. The smallest absolute Gasteiger partial charge is 0.321 e. The van der Waals surface area contributed by atoms with Crippen LogP contribution in [0.5, 0.6) is 0 Å². The normalized spacial score (nSPS) is 31.4. The number of aryl methyl sites for hydroxylation is 1. The highest BCUT2D eigenvalue weighted by atomic mass is 32.1. The van der Waals surface area contributed by atoms with E-state index in [0.29, 0.717) is 17.0 Å². The number of amides is 2. The van der Waals surface area contributed by atoms with Crippen molar-refractivity contribution in [2.24, 2.45) is 18.9 Å². The van der Waals surface area contributed by atoms with Gasteiger partial charge in [-0.1, -0.05) is 0 Å². The third-order valence-corrected chi connectivity index (χ3v) is 6.13. The SMILES string of the molecule is Cn1nccc1-c1csc(NC(=O)N[C@@H]2C[C@H]3C[C@@H]2C[C@]3(C)O)n1. The van der Waals surface area contributed by atoms with Crippen LogP contribution in [0.3, 0.4) is 0 Å². The summed E-state index contributed by atoms with van der Waals surface area (Å²) in [5.74, 6) is 0.668. The van der Waals surface area contributed by atoms with Crippen molar-refractivity contribution >= 4 is 22.5 Å². The van der Waals surface area contributed by atoms with Gasteiger partial charge in [-0.3, -0.25) is 10.00 Å². The van der Waals surface area contributed by atoms with E-state index >= 15 is 0 Å². The molecule has 2 bridgehead atoms. The van der Waals surface area contributed by atoms with Gasteiger partial charge in [0, 0.05) is 24.7 Å². The summed E-state index contributed by atoms with van der Waals surface area (Å²) in [4.78, 5) is 16.7. The van der Waals surface area contributed by atoms with Gasteiger partial charge in [0.15, 0.2) is 5.13 Å². The number of rotatable bonds is 3. The fourth-order valence-corrected chi connectivity index (χ4v) is 4.81. The maximum atomic E-state index is 12.2. The Bertz CT molecular complexity index is 768. The minimum atomic E-state index is -0.563. The van der Waals surface area contributed by atoms with E-state index in [-0.39, 0.29) is 12.1 Å². The second-order valence-electron chi connectivity index (χ2n) is 7.07. The summed E-state index contributed by atoms with van der Waals surface area (Å²) in [5, 5.41) is 22.7. The van der Waals surface area contributed by atoms with Gasteiger partial charge in [-0.25, -0.2) is 9.78 Å². The summed E-state index contributed by atoms with van der Waals surface area (Å²) < 4.78 is 1.75. The molecule has 2 aliphatic rings. The number of thiazole rings is 1. The minimum absolute atomic E-state index is 0.145. The van der Waals surface area contributed by atoms with Crippen LogP contribution >= 0.6 is 11.3 Å². The number of carbonyl (C=O) groups excluding carboxylic acids is 1. The fourth-order valence-electron chi connectivity index (χ4n) is 4.11. The zero-order valence-electron chi connectivity index (χ0n) is 13.7. The van der Waals surface area contributed by atoms with Crippen molar-refractivity contribution in [2.75, 3.05) is 5.32 Å². The van der Waals surface area contributed by atoms with Crippen LogP contribution < -0.4 is 10.6 Å². The Morgan fingerprint density at radius 3 is 2.96 bits per heavy atom. The molecule has 0 saturated heterocycles. The number of carbonyl (C=O) groups is 1. The van der Waals surface area contributed by atoms with Crippen molar-refractivity contribution in [3.8, 4) is 11.4 Å². The predicted octanol–water partition coefficient (Wildman–Crippen LogP) is 2.21. The van der Waals surface area contributed by atoms with Gasteiger partial charge >= 0.3 is 6.03 Å². The van der Waals surface area contributed by atoms with Gasteiger partial charge in [0.2, 0.25) is 0 Å². The molecule has 0 aliphatic heterocycles. The predicted molar refractivity (Wildman–Crippen MR) is 91.7 cm³/mol. The molecule has 2 fully saturated rings. The number of aliphatic hydroxyl groups is 1. The Morgan fingerprint density at radius 1 is 1.50 bits per heavy atom. The van der Waals surface area contributed by atoms with E-state index in [9.17, 15) is 9.90 Å². The highest BCUT2D eigenvalue weighted by molar-refractivity contribution is 7.14. The molecule has 4 atom stereocenters. The summed E-state index contributed by atoms with van der Waals surface area (Å²) >= 11 is 1.39. The van der Waals surface area contributed by atoms with Crippen molar-refractivity contribution in [1.82, 2.24) is 20.1 Å². The molecule has 0 aromatic carbocycles. The standard InChI is InChI=1S/C16H21N5O2S/c1-16(23)7-9-5-10(16)6-11(9)18-14(22)20-15-19-12(8-24-15)13-3-4-17-21(13)2/h3-4,8-11,23H,5-7H2,1-2H3,(H2,18,19,20,22)/t9-,10-,11-,16+/m1/s1. The molecule has 128 valence electrons. The molecule has 24 heavy (non-hydrogen) atoms. The van der Waals surface area contributed by atoms with Crippen LogP contribution in [0, 0.1) is 11.8 Å². The zero-order valence-corrected chi connectivity index (χ0v) is 14.5.